The minimum atomic E-state index is -0.268. The van der Waals surface area contributed by atoms with Crippen LogP contribution in [-0.2, 0) is 11.2 Å². The molecule has 0 radical (unpaired) electrons. The lowest BCUT2D eigenvalue weighted by Crippen LogP contribution is -2.03. The van der Waals surface area contributed by atoms with E-state index in [0.717, 1.165) is 5.56 Å². The molecule has 0 saturated carbocycles. The highest BCUT2D eigenvalue weighted by molar-refractivity contribution is 5.99. The summed E-state index contributed by atoms with van der Waals surface area (Å²) < 4.78 is 12.9. The molecular weight excluding hydrogens is 181 g/mol. The molecule has 0 atom stereocenters. The summed E-state index contributed by atoms with van der Waals surface area (Å²) in [4.78, 5) is 10.9. The first-order chi connectivity index (χ1) is 6.66. The number of carbonyl (C=O) groups is 1. The second-order valence-corrected chi connectivity index (χ2v) is 2.98. The van der Waals surface area contributed by atoms with E-state index in [1.165, 1.54) is 6.07 Å². The third-order valence-electron chi connectivity index (χ3n) is 2.01. The average Bonchev–Trinajstić information content (AvgIpc) is 2.49. The van der Waals surface area contributed by atoms with E-state index in [1.807, 2.05) is 13.8 Å². The fourth-order valence-corrected chi connectivity index (χ4v) is 1.37. The van der Waals surface area contributed by atoms with Crippen LogP contribution in [0.4, 0.5) is 10.1 Å². The topological polar surface area (TPSA) is 29.1 Å². The highest BCUT2D eigenvalue weighted by Gasteiger charge is 2.18. The molecule has 0 saturated heterocycles. The summed E-state index contributed by atoms with van der Waals surface area (Å²) in [6.45, 7) is 5.69. The molecule has 1 aliphatic rings. The lowest BCUT2D eigenvalue weighted by atomic mass is 10.1. The van der Waals surface area contributed by atoms with Crippen molar-refractivity contribution in [2.45, 2.75) is 27.2 Å². The molecule has 1 aromatic rings. The van der Waals surface area contributed by atoms with E-state index >= 15 is 0 Å². The highest BCUT2D eigenvalue weighted by Crippen LogP contribution is 2.25. The zero-order valence-electron chi connectivity index (χ0n) is 8.65. The van der Waals surface area contributed by atoms with Gasteiger partial charge < -0.3 is 5.32 Å². The Morgan fingerprint density at radius 1 is 1.36 bits per heavy atom. The lowest BCUT2D eigenvalue weighted by Gasteiger charge is -2.00. The predicted octanol–water partition coefficient (Wildman–Crippen LogP) is 2.65. The summed E-state index contributed by atoms with van der Waals surface area (Å²) in [5, 5.41) is 2.59. The van der Waals surface area contributed by atoms with Gasteiger partial charge in [0.15, 0.2) is 0 Å². The normalized spacial score (nSPS) is 12.7. The van der Waals surface area contributed by atoms with Gasteiger partial charge in [0, 0.05) is 5.69 Å². The Kier molecular flexibility index (Phi) is 3.23. The van der Waals surface area contributed by atoms with Crippen LogP contribution >= 0.6 is 0 Å². The summed E-state index contributed by atoms with van der Waals surface area (Å²) in [6.07, 6.45) is 0.371. The minimum Gasteiger partial charge on any atom is -0.325 e. The second kappa shape index (κ2) is 4.22. The number of hydrogen-bond acceptors (Lipinski definition) is 1. The molecule has 0 aliphatic carbocycles. The molecule has 0 bridgehead atoms. The zero-order chi connectivity index (χ0) is 10.7. The first-order valence-electron chi connectivity index (χ1n) is 4.75. The van der Waals surface area contributed by atoms with Crippen LogP contribution in [0.25, 0.3) is 0 Å². The molecule has 2 rings (SSSR count). The van der Waals surface area contributed by atoms with E-state index in [0.29, 0.717) is 17.7 Å². The number of hydrogen-bond donors (Lipinski definition) is 1. The van der Waals surface area contributed by atoms with E-state index in [9.17, 15) is 9.18 Å². The molecule has 1 amide bonds. The number of aryl methyl sites for hydroxylation is 1. The predicted molar refractivity (Wildman–Crippen MR) is 54.8 cm³/mol. The summed E-state index contributed by atoms with van der Waals surface area (Å²) >= 11 is 0. The van der Waals surface area contributed by atoms with E-state index in [1.54, 1.807) is 13.0 Å². The van der Waals surface area contributed by atoms with Crippen molar-refractivity contribution < 1.29 is 9.18 Å². The standard InChI is InChI=1S/C9H8FNO.C2H6/c1-5-2-6-3-9(12)11-8(6)4-7(5)10;1-2/h2,4H,3H2,1H3,(H,11,12);1-2H3. The molecule has 76 valence electrons. The first-order valence-corrected chi connectivity index (χ1v) is 4.75. The van der Waals surface area contributed by atoms with Gasteiger partial charge in [0.05, 0.1) is 6.42 Å². The third-order valence-corrected chi connectivity index (χ3v) is 2.01. The third kappa shape index (κ3) is 1.92. The molecule has 1 aromatic carbocycles. The Morgan fingerprint density at radius 3 is 2.64 bits per heavy atom. The van der Waals surface area contributed by atoms with Crippen molar-refractivity contribution >= 4 is 11.6 Å². The summed E-state index contributed by atoms with van der Waals surface area (Å²) in [5.41, 5.74) is 2.09. The average molecular weight is 195 g/mol. The van der Waals surface area contributed by atoms with Crippen LogP contribution in [0.5, 0.6) is 0 Å². The first kappa shape index (κ1) is 10.7. The van der Waals surface area contributed by atoms with Gasteiger partial charge in [-0.15, -0.1) is 0 Å². The molecule has 1 heterocycles. The molecule has 14 heavy (non-hydrogen) atoms. The number of anilines is 1. The Hall–Kier alpha value is -1.38. The second-order valence-electron chi connectivity index (χ2n) is 2.98. The molecule has 1 aliphatic heterocycles. The number of fused-ring (bicyclic) bond motifs is 1. The monoisotopic (exact) mass is 195 g/mol. The van der Waals surface area contributed by atoms with Gasteiger partial charge in [-0.2, -0.15) is 0 Å². The van der Waals surface area contributed by atoms with Gasteiger partial charge in [-0.3, -0.25) is 4.79 Å². The molecule has 3 heteroatoms. The number of amides is 1. The van der Waals surface area contributed by atoms with E-state index in [-0.39, 0.29) is 11.7 Å². The molecule has 2 nitrogen and oxygen atoms in total. The summed E-state index contributed by atoms with van der Waals surface area (Å²) in [7, 11) is 0. The van der Waals surface area contributed by atoms with E-state index in [4.69, 9.17) is 0 Å². The maximum absolute atomic E-state index is 12.9. The van der Waals surface area contributed by atoms with E-state index < -0.39 is 0 Å². The maximum atomic E-state index is 12.9. The van der Waals surface area contributed by atoms with Gasteiger partial charge in [-0.25, -0.2) is 4.39 Å². The fourth-order valence-electron chi connectivity index (χ4n) is 1.37. The van der Waals surface area contributed by atoms with Crippen molar-refractivity contribution in [1.82, 2.24) is 0 Å². The van der Waals surface area contributed by atoms with Gasteiger partial charge in [0.25, 0.3) is 0 Å². The molecular formula is C11H14FNO. The largest absolute Gasteiger partial charge is 0.325 e. The minimum absolute atomic E-state index is 0.0602. The summed E-state index contributed by atoms with van der Waals surface area (Å²) in [5.74, 6) is -0.328. The van der Waals surface area contributed by atoms with Crippen LogP contribution in [0.2, 0.25) is 0 Å². The fraction of sp³-hybridized carbons (Fsp3) is 0.364. The Balaban J connectivity index is 0.000000461. The van der Waals surface area contributed by atoms with Crippen LogP contribution in [0.1, 0.15) is 25.0 Å². The highest BCUT2D eigenvalue weighted by atomic mass is 19.1. The van der Waals surface area contributed by atoms with Crippen molar-refractivity contribution in [3.8, 4) is 0 Å². The number of halogens is 1. The molecule has 0 spiro atoms. The molecule has 1 N–H and O–H groups in total. The van der Waals surface area contributed by atoms with Crippen molar-refractivity contribution in [3.63, 3.8) is 0 Å². The zero-order valence-corrected chi connectivity index (χ0v) is 8.65. The van der Waals surface area contributed by atoms with Crippen LogP contribution in [0, 0.1) is 12.7 Å². The maximum Gasteiger partial charge on any atom is 0.228 e. The van der Waals surface area contributed by atoms with Gasteiger partial charge >= 0.3 is 0 Å². The number of carbonyl (C=O) groups excluding carboxylic acids is 1. The van der Waals surface area contributed by atoms with Gasteiger partial charge in [0.1, 0.15) is 5.82 Å². The van der Waals surface area contributed by atoms with Gasteiger partial charge in [0.2, 0.25) is 5.91 Å². The van der Waals surface area contributed by atoms with Gasteiger partial charge in [-0.1, -0.05) is 19.9 Å². The van der Waals surface area contributed by atoms with Crippen LogP contribution in [0.15, 0.2) is 12.1 Å². The van der Waals surface area contributed by atoms with Crippen LogP contribution < -0.4 is 5.32 Å². The van der Waals surface area contributed by atoms with Crippen molar-refractivity contribution in [2.24, 2.45) is 0 Å². The Bertz CT molecular complexity index is 328. The van der Waals surface area contributed by atoms with Crippen LogP contribution in [0.3, 0.4) is 0 Å². The smallest absolute Gasteiger partial charge is 0.228 e. The number of nitrogens with one attached hydrogen (secondary N) is 1. The molecule has 0 fully saturated rings. The summed E-state index contributed by atoms with van der Waals surface area (Å²) in [6, 6.07) is 3.08. The van der Waals surface area contributed by atoms with Gasteiger partial charge in [-0.05, 0) is 24.1 Å². The van der Waals surface area contributed by atoms with E-state index in [2.05, 4.69) is 5.32 Å². The lowest BCUT2D eigenvalue weighted by molar-refractivity contribution is -0.115. The SMILES string of the molecule is CC.Cc1cc2c(cc1F)NC(=O)C2. The molecule has 0 unspecified atom stereocenters. The Morgan fingerprint density at radius 2 is 2.00 bits per heavy atom. The van der Waals surface area contributed by atoms with Crippen molar-refractivity contribution in [1.29, 1.82) is 0 Å². The Labute approximate surface area is 83.1 Å². The quantitative estimate of drug-likeness (QED) is 0.677. The van der Waals surface area contributed by atoms with Crippen molar-refractivity contribution in [2.75, 3.05) is 5.32 Å². The number of rotatable bonds is 0. The number of benzene rings is 1. The van der Waals surface area contributed by atoms with Crippen LogP contribution in [-0.4, -0.2) is 5.91 Å². The molecule has 0 aromatic heterocycles. The van der Waals surface area contributed by atoms with Crippen molar-refractivity contribution in [3.05, 3.63) is 29.1 Å².